The number of carbonyl (C=O) groups excluding carboxylic acids is 1. The number of benzene rings is 1. The Morgan fingerprint density at radius 2 is 2.07 bits per heavy atom. The molecule has 1 unspecified atom stereocenters. The minimum Gasteiger partial charge on any atom is -0.352 e. The largest absolute Gasteiger partial charge is 0.352 e. The molecule has 0 aromatic heterocycles. The molecule has 0 fully saturated rings. The molecule has 0 aliphatic carbocycles. The van der Waals surface area contributed by atoms with Crippen LogP contribution in [-0.4, -0.2) is 11.9 Å². The van der Waals surface area contributed by atoms with E-state index < -0.39 is 0 Å². The van der Waals surface area contributed by atoms with Gasteiger partial charge in [0.1, 0.15) is 0 Å². The van der Waals surface area contributed by atoms with Gasteiger partial charge in [-0.3, -0.25) is 4.79 Å². The zero-order valence-corrected chi connectivity index (χ0v) is 9.42. The monoisotopic (exact) mass is 226 g/mol. The number of hydrogen-bond acceptors (Lipinski definition) is 2. The number of rotatable bonds is 4. The lowest BCUT2D eigenvalue weighted by molar-refractivity contribution is -0.121. The molecule has 3 N–H and O–H groups in total. The first kappa shape index (κ1) is 12.0. The van der Waals surface area contributed by atoms with E-state index in [0.29, 0.717) is 18.0 Å². The van der Waals surface area contributed by atoms with Crippen LogP contribution in [0.2, 0.25) is 5.02 Å². The molecule has 0 aliphatic heterocycles. The summed E-state index contributed by atoms with van der Waals surface area (Å²) in [4.78, 5) is 11.3. The number of amides is 1. The number of hydrogen-bond donors (Lipinski definition) is 2. The Balaban J connectivity index is 2.37. The van der Waals surface area contributed by atoms with Crippen LogP contribution in [0.25, 0.3) is 0 Å². The third kappa shape index (κ3) is 4.81. The van der Waals surface area contributed by atoms with Gasteiger partial charge in [-0.15, -0.1) is 0 Å². The molecule has 1 aromatic carbocycles. The highest BCUT2D eigenvalue weighted by Gasteiger charge is 2.03. The van der Waals surface area contributed by atoms with Crippen molar-refractivity contribution in [3.05, 3.63) is 34.9 Å². The van der Waals surface area contributed by atoms with Crippen molar-refractivity contribution in [1.82, 2.24) is 5.32 Å². The lowest BCUT2D eigenvalue weighted by Crippen LogP contribution is -2.29. The minimum atomic E-state index is -0.102. The molecule has 0 saturated carbocycles. The molecule has 0 bridgehead atoms. The average molecular weight is 227 g/mol. The van der Waals surface area contributed by atoms with Crippen LogP contribution in [0, 0.1) is 0 Å². The predicted molar refractivity (Wildman–Crippen MR) is 61.6 cm³/mol. The van der Waals surface area contributed by atoms with Crippen molar-refractivity contribution in [1.29, 1.82) is 0 Å². The molecule has 4 heteroatoms. The van der Waals surface area contributed by atoms with Gasteiger partial charge in [0, 0.05) is 24.0 Å². The van der Waals surface area contributed by atoms with Crippen LogP contribution < -0.4 is 11.1 Å². The predicted octanol–water partition coefficient (Wildman–Crippen LogP) is 1.69. The molecular formula is C11H15ClN2O. The maximum atomic E-state index is 11.3. The summed E-state index contributed by atoms with van der Waals surface area (Å²) in [5.41, 5.74) is 6.53. The van der Waals surface area contributed by atoms with Gasteiger partial charge in [0.2, 0.25) is 5.91 Å². The van der Waals surface area contributed by atoms with Crippen molar-refractivity contribution in [2.24, 2.45) is 5.73 Å². The summed E-state index contributed by atoms with van der Waals surface area (Å²) < 4.78 is 0. The van der Waals surface area contributed by atoms with E-state index in [1.165, 1.54) is 0 Å². The van der Waals surface area contributed by atoms with E-state index in [9.17, 15) is 4.79 Å². The SMILES string of the molecule is CC(N)CC(=O)NCc1ccc(Cl)cc1. The molecule has 3 nitrogen and oxygen atoms in total. The van der Waals surface area contributed by atoms with Crippen LogP contribution in [0.1, 0.15) is 18.9 Å². The topological polar surface area (TPSA) is 55.1 Å². The molecule has 0 heterocycles. The van der Waals surface area contributed by atoms with Crippen molar-refractivity contribution in [2.75, 3.05) is 0 Å². The number of nitrogens with two attached hydrogens (primary N) is 1. The molecule has 82 valence electrons. The molecule has 1 aromatic rings. The van der Waals surface area contributed by atoms with Gasteiger partial charge in [-0.05, 0) is 24.6 Å². The van der Waals surface area contributed by atoms with Crippen LogP contribution in [0.3, 0.4) is 0 Å². The molecule has 0 aliphatic rings. The highest BCUT2D eigenvalue weighted by Crippen LogP contribution is 2.09. The lowest BCUT2D eigenvalue weighted by Gasteiger charge is -2.07. The number of nitrogens with one attached hydrogen (secondary N) is 1. The molecule has 1 atom stereocenters. The van der Waals surface area contributed by atoms with Crippen LogP contribution in [0.5, 0.6) is 0 Å². The van der Waals surface area contributed by atoms with Crippen LogP contribution in [-0.2, 0) is 11.3 Å². The van der Waals surface area contributed by atoms with E-state index in [2.05, 4.69) is 5.32 Å². The highest BCUT2D eigenvalue weighted by molar-refractivity contribution is 6.30. The molecule has 0 spiro atoms. The second-order valence-corrected chi connectivity index (χ2v) is 4.02. The van der Waals surface area contributed by atoms with Gasteiger partial charge in [0.05, 0.1) is 0 Å². The summed E-state index contributed by atoms with van der Waals surface area (Å²) in [6.07, 6.45) is 0.355. The Hall–Kier alpha value is -1.06. The van der Waals surface area contributed by atoms with Gasteiger partial charge in [0.25, 0.3) is 0 Å². The second kappa shape index (κ2) is 5.73. The Kier molecular flexibility index (Phi) is 4.59. The average Bonchev–Trinajstić information content (AvgIpc) is 2.16. The molecule has 15 heavy (non-hydrogen) atoms. The van der Waals surface area contributed by atoms with Gasteiger partial charge in [0.15, 0.2) is 0 Å². The number of halogens is 1. The summed E-state index contributed by atoms with van der Waals surface area (Å²) in [5, 5.41) is 3.48. The van der Waals surface area contributed by atoms with E-state index in [4.69, 9.17) is 17.3 Å². The fourth-order valence-corrected chi connectivity index (χ4v) is 1.29. The Morgan fingerprint density at radius 3 is 2.60 bits per heavy atom. The Labute approximate surface area is 94.6 Å². The number of carbonyl (C=O) groups is 1. The smallest absolute Gasteiger partial charge is 0.221 e. The van der Waals surface area contributed by atoms with Crippen molar-refractivity contribution in [2.45, 2.75) is 25.9 Å². The third-order valence-corrected chi connectivity index (χ3v) is 2.16. The first-order valence-electron chi connectivity index (χ1n) is 4.84. The Morgan fingerprint density at radius 1 is 1.47 bits per heavy atom. The highest BCUT2D eigenvalue weighted by atomic mass is 35.5. The summed E-state index contributed by atoms with van der Waals surface area (Å²) >= 11 is 5.74. The first-order valence-corrected chi connectivity index (χ1v) is 5.22. The summed E-state index contributed by atoms with van der Waals surface area (Å²) in [5.74, 6) is -0.0278. The fourth-order valence-electron chi connectivity index (χ4n) is 1.17. The zero-order valence-electron chi connectivity index (χ0n) is 8.66. The van der Waals surface area contributed by atoms with E-state index >= 15 is 0 Å². The van der Waals surface area contributed by atoms with Crippen LogP contribution in [0.15, 0.2) is 24.3 Å². The van der Waals surface area contributed by atoms with Crippen molar-refractivity contribution in [3.63, 3.8) is 0 Å². The van der Waals surface area contributed by atoms with E-state index in [-0.39, 0.29) is 11.9 Å². The Bertz CT molecular complexity index is 322. The summed E-state index contributed by atoms with van der Waals surface area (Å²) in [6.45, 7) is 2.32. The minimum absolute atomic E-state index is 0.0278. The molecule has 1 amide bonds. The van der Waals surface area contributed by atoms with E-state index in [0.717, 1.165) is 5.56 Å². The zero-order chi connectivity index (χ0) is 11.3. The van der Waals surface area contributed by atoms with E-state index in [1.54, 1.807) is 12.1 Å². The van der Waals surface area contributed by atoms with Crippen molar-refractivity contribution >= 4 is 17.5 Å². The van der Waals surface area contributed by atoms with Crippen LogP contribution >= 0.6 is 11.6 Å². The summed E-state index contributed by atoms with van der Waals surface area (Å²) in [7, 11) is 0. The first-order chi connectivity index (χ1) is 7.08. The lowest BCUT2D eigenvalue weighted by atomic mass is 10.2. The second-order valence-electron chi connectivity index (χ2n) is 3.58. The van der Waals surface area contributed by atoms with Crippen molar-refractivity contribution < 1.29 is 4.79 Å². The standard InChI is InChI=1S/C11H15ClN2O/c1-8(13)6-11(15)14-7-9-2-4-10(12)5-3-9/h2-5,8H,6-7,13H2,1H3,(H,14,15). The summed E-state index contributed by atoms with van der Waals surface area (Å²) in [6, 6.07) is 7.27. The fraction of sp³-hybridized carbons (Fsp3) is 0.364. The van der Waals surface area contributed by atoms with Gasteiger partial charge in [-0.25, -0.2) is 0 Å². The normalized spacial score (nSPS) is 12.2. The van der Waals surface area contributed by atoms with Crippen molar-refractivity contribution in [3.8, 4) is 0 Å². The molecule has 0 saturated heterocycles. The van der Waals surface area contributed by atoms with Gasteiger partial charge < -0.3 is 11.1 Å². The van der Waals surface area contributed by atoms with Gasteiger partial charge in [-0.1, -0.05) is 23.7 Å². The quantitative estimate of drug-likeness (QED) is 0.821. The van der Waals surface area contributed by atoms with Gasteiger partial charge >= 0.3 is 0 Å². The molecular weight excluding hydrogens is 212 g/mol. The van der Waals surface area contributed by atoms with Gasteiger partial charge in [-0.2, -0.15) is 0 Å². The van der Waals surface area contributed by atoms with Crippen LogP contribution in [0.4, 0.5) is 0 Å². The van der Waals surface area contributed by atoms with E-state index in [1.807, 2.05) is 19.1 Å². The maximum Gasteiger partial charge on any atom is 0.221 e. The maximum absolute atomic E-state index is 11.3. The molecule has 1 rings (SSSR count). The molecule has 0 radical (unpaired) electrons. The third-order valence-electron chi connectivity index (χ3n) is 1.91.